The maximum absolute atomic E-state index is 12.4. The third-order valence-corrected chi connectivity index (χ3v) is 4.89. The average molecular weight is 352 g/mol. The third-order valence-electron chi connectivity index (χ3n) is 4.89. The minimum atomic E-state index is -0.0213. The highest BCUT2D eigenvalue weighted by Crippen LogP contribution is 2.34. The molecule has 2 heterocycles. The van der Waals surface area contributed by atoms with Gasteiger partial charge in [0.25, 0.3) is 5.91 Å². The fourth-order valence-corrected chi connectivity index (χ4v) is 3.41. The van der Waals surface area contributed by atoms with Crippen molar-refractivity contribution in [1.82, 2.24) is 14.9 Å². The Bertz CT molecular complexity index is 736. The number of nitrogens with zero attached hydrogens (tertiary/aromatic N) is 3. The molecular weight excluding hydrogens is 324 g/mol. The zero-order valence-electron chi connectivity index (χ0n) is 16.1. The van der Waals surface area contributed by atoms with Gasteiger partial charge in [0.2, 0.25) is 0 Å². The van der Waals surface area contributed by atoms with Crippen LogP contribution in [0.3, 0.4) is 0 Å². The van der Waals surface area contributed by atoms with Gasteiger partial charge in [0.1, 0.15) is 11.5 Å². The number of carbonyl (C=O) groups is 1. The summed E-state index contributed by atoms with van der Waals surface area (Å²) < 4.78 is 0. The van der Waals surface area contributed by atoms with Crippen molar-refractivity contribution in [1.29, 1.82) is 0 Å². The van der Waals surface area contributed by atoms with E-state index in [0.29, 0.717) is 23.3 Å². The predicted molar refractivity (Wildman–Crippen MR) is 105 cm³/mol. The average Bonchev–Trinajstić information content (AvgIpc) is 3.16. The molecule has 5 nitrogen and oxygen atoms in total. The normalized spacial score (nSPS) is 14.3. The highest BCUT2D eigenvalue weighted by Gasteiger charge is 2.21. The van der Waals surface area contributed by atoms with E-state index < -0.39 is 0 Å². The number of hydrogen-bond acceptors (Lipinski definition) is 4. The number of anilines is 2. The molecule has 1 N–H and O–H groups in total. The molecule has 1 amide bonds. The molecule has 26 heavy (non-hydrogen) atoms. The molecule has 0 bridgehead atoms. The first-order chi connectivity index (χ1) is 12.5. The van der Waals surface area contributed by atoms with E-state index in [1.807, 2.05) is 4.90 Å². The van der Waals surface area contributed by atoms with Crippen molar-refractivity contribution in [2.75, 3.05) is 18.4 Å². The van der Waals surface area contributed by atoms with E-state index in [2.05, 4.69) is 61.2 Å². The maximum atomic E-state index is 12.4. The maximum Gasteiger partial charge on any atom is 0.274 e. The standard InChI is InChI=1S/C21H28N4O/c1-14(2)16-8-7-9-17(15(3)4)20(16)24-19-13-22-18(12-23-19)21(26)25-10-5-6-11-25/h7-9,12-15H,5-6,10-11H2,1-4H3,(H,23,24). The van der Waals surface area contributed by atoms with E-state index in [4.69, 9.17) is 0 Å². The molecule has 0 spiro atoms. The second-order valence-electron chi connectivity index (χ2n) is 7.53. The molecule has 0 aliphatic carbocycles. The summed E-state index contributed by atoms with van der Waals surface area (Å²) in [5, 5.41) is 3.44. The van der Waals surface area contributed by atoms with Crippen molar-refractivity contribution in [2.24, 2.45) is 0 Å². The molecule has 1 saturated heterocycles. The van der Waals surface area contributed by atoms with Gasteiger partial charge in [0.05, 0.1) is 12.4 Å². The minimum absolute atomic E-state index is 0.0213. The number of hydrogen-bond donors (Lipinski definition) is 1. The molecule has 1 aliphatic heterocycles. The quantitative estimate of drug-likeness (QED) is 0.847. The first kappa shape index (κ1) is 18.4. The zero-order chi connectivity index (χ0) is 18.7. The lowest BCUT2D eigenvalue weighted by Crippen LogP contribution is -2.28. The Morgan fingerprint density at radius 2 is 1.62 bits per heavy atom. The molecular formula is C21H28N4O. The lowest BCUT2D eigenvalue weighted by atomic mass is 9.92. The van der Waals surface area contributed by atoms with Crippen molar-refractivity contribution in [3.8, 4) is 0 Å². The van der Waals surface area contributed by atoms with E-state index in [1.165, 1.54) is 11.1 Å². The van der Waals surface area contributed by atoms with Crippen LogP contribution < -0.4 is 5.32 Å². The molecule has 138 valence electrons. The SMILES string of the molecule is CC(C)c1cccc(C(C)C)c1Nc1cnc(C(=O)N2CCCC2)cn1. The Hall–Kier alpha value is -2.43. The molecule has 2 aromatic rings. The highest BCUT2D eigenvalue weighted by atomic mass is 16.2. The minimum Gasteiger partial charge on any atom is -0.338 e. The van der Waals surface area contributed by atoms with Crippen molar-refractivity contribution >= 4 is 17.4 Å². The van der Waals surface area contributed by atoms with Gasteiger partial charge in [-0.3, -0.25) is 4.79 Å². The molecule has 1 aliphatic rings. The largest absolute Gasteiger partial charge is 0.338 e. The summed E-state index contributed by atoms with van der Waals surface area (Å²) in [6.45, 7) is 10.4. The lowest BCUT2D eigenvalue weighted by molar-refractivity contribution is 0.0786. The molecule has 5 heteroatoms. The third kappa shape index (κ3) is 3.87. The van der Waals surface area contributed by atoms with Gasteiger partial charge in [-0.1, -0.05) is 45.9 Å². The van der Waals surface area contributed by atoms with Gasteiger partial charge < -0.3 is 10.2 Å². The van der Waals surface area contributed by atoms with Gasteiger partial charge >= 0.3 is 0 Å². The molecule has 3 rings (SSSR count). The topological polar surface area (TPSA) is 58.1 Å². The van der Waals surface area contributed by atoms with Crippen LogP contribution in [0.4, 0.5) is 11.5 Å². The number of aromatic nitrogens is 2. The molecule has 0 saturated carbocycles. The van der Waals surface area contributed by atoms with Gasteiger partial charge in [-0.05, 0) is 35.8 Å². The van der Waals surface area contributed by atoms with Crippen molar-refractivity contribution in [3.05, 3.63) is 47.4 Å². The van der Waals surface area contributed by atoms with Crippen LogP contribution >= 0.6 is 0 Å². The number of benzene rings is 1. The van der Waals surface area contributed by atoms with Crippen LogP contribution in [-0.4, -0.2) is 33.9 Å². The van der Waals surface area contributed by atoms with E-state index in [9.17, 15) is 4.79 Å². The molecule has 0 atom stereocenters. The Kier molecular flexibility index (Phi) is 5.55. The fourth-order valence-electron chi connectivity index (χ4n) is 3.41. The van der Waals surface area contributed by atoms with Crippen molar-refractivity contribution in [3.63, 3.8) is 0 Å². The summed E-state index contributed by atoms with van der Waals surface area (Å²) >= 11 is 0. The molecule has 0 radical (unpaired) electrons. The van der Waals surface area contributed by atoms with Gasteiger partial charge in [0, 0.05) is 18.8 Å². The predicted octanol–water partition coefficient (Wildman–Crippen LogP) is 4.70. The number of nitrogens with one attached hydrogen (secondary N) is 1. The number of rotatable bonds is 5. The number of likely N-dealkylation sites (tertiary alicyclic amines) is 1. The number of carbonyl (C=O) groups excluding carboxylic acids is 1. The second kappa shape index (κ2) is 7.85. The summed E-state index contributed by atoms with van der Waals surface area (Å²) in [7, 11) is 0. The summed E-state index contributed by atoms with van der Waals surface area (Å²) in [5.41, 5.74) is 4.04. The fraction of sp³-hybridized carbons (Fsp3) is 0.476. The second-order valence-corrected chi connectivity index (χ2v) is 7.53. The summed E-state index contributed by atoms with van der Waals surface area (Å²) in [4.78, 5) is 23.1. The number of amides is 1. The molecule has 1 fully saturated rings. The molecule has 1 aromatic carbocycles. The van der Waals surface area contributed by atoms with Crippen LogP contribution in [0.2, 0.25) is 0 Å². The molecule has 0 unspecified atom stereocenters. The van der Waals surface area contributed by atoms with Gasteiger partial charge in [-0.25, -0.2) is 9.97 Å². The Morgan fingerprint density at radius 1 is 1.00 bits per heavy atom. The summed E-state index contributed by atoms with van der Waals surface area (Å²) in [6.07, 6.45) is 5.38. The summed E-state index contributed by atoms with van der Waals surface area (Å²) in [6, 6.07) is 6.41. The van der Waals surface area contributed by atoms with Crippen LogP contribution in [0.25, 0.3) is 0 Å². The van der Waals surface area contributed by atoms with Gasteiger partial charge in [-0.2, -0.15) is 0 Å². The monoisotopic (exact) mass is 352 g/mol. The van der Waals surface area contributed by atoms with Crippen LogP contribution in [0, 0.1) is 0 Å². The van der Waals surface area contributed by atoms with Gasteiger partial charge in [-0.15, -0.1) is 0 Å². The smallest absolute Gasteiger partial charge is 0.274 e. The first-order valence-electron chi connectivity index (χ1n) is 9.48. The van der Waals surface area contributed by atoms with E-state index in [-0.39, 0.29) is 5.91 Å². The van der Waals surface area contributed by atoms with E-state index >= 15 is 0 Å². The van der Waals surface area contributed by atoms with Gasteiger partial charge in [0.15, 0.2) is 0 Å². The Balaban J connectivity index is 1.84. The van der Waals surface area contributed by atoms with Crippen LogP contribution in [0.1, 0.15) is 74.0 Å². The van der Waals surface area contributed by atoms with E-state index in [0.717, 1.165) is 31.6 Å². The van der Waals surface area contributed by atoms with Crippen molar-refractivity contribution < 1.29 is 4.79 Å². The zero-order valence-corrected chi connectivity index (χ0v) is 16.1. The first-order valence-corrected chi connectivity index (χ1v) is 9.48. The lowest BCUT2D eigenvalue weighted by Gasteiger charge is -2.20. The highest BCUT2D eigenvalue weighted by molar-refractivity contribution is 5.92. The van der Waals surface area contributed by atoms with Crippen LogP contribution in [0.15, 0.2) is 30.6 Å². The van der Waals surface area contributed by atoms with Crippen molar-refractivity contribution in [2.45, 2.75) is 52.4 Å². The summed E-state index contributed by atoms with van der Waals surface area (Å²) in [5.74, 6) is 1.45. The Labute approximate surface area is 155 Å². The van der Waals surface area contributed by atoms with E-state index in [1.54, 1.807) is 12.4 Å². The number of para-hydroxylation sites is 1. The van der Waals surface area contributed by atoms with Crippen LogP contribution in [-0.2, 0) is 0 Å². The molecule has 1 aromatic heterocycles. The van der Waals surface area contributed by atoms with Crippen LogP contribution in [0.5, 0.6) is 0 Å². The Morgan fingerprint density at radius 3 is 2.12 bits per heavy atom.